The molecule has 0 N–H and O–H groups in total. The van der Waals surface area contributed by atoms with Gasteiger partial charge in [-0.25, -0.2) is 0 Å². The quantitative estimate of drug-likeness (QED) is 0.787. The molecule has 2 unspecified atom stereocenters. The molecule has 2 aliphatic rings. The first-order valence-corrected chi connectivity index (χ1v) is 7.77. The molecule has 0 radical (unpaired) electrons. The van der Waals surface area contributed by atoms with Gasteiger partial charge < -0.3 is 14.5 Å². The fourth-order valence-electron chi connectivity index (χ4n) is 3.77. The van der Waals surface area contributed by atoms with Gasteiger partial charge in [0.05, 0.1) is 11.5 Å². The van der Waals surface area contributed by atoms with Crippen molar-refractivity contribution in [2.45, 2.75) is 57.8 Å². The van der Waals surface area contributed by atoms with E-state index in [0.717, 1.165) is 13.1 Å². The molecule has 0 saturated carbocycles. The van der Waals surface area contributed by atoms with Crippen molar-refractivity contribution in [3.63, 3.8) is 0 Å². The van der Waals surface area contributed by atoms with E-state index in [1.54, 1.807) is 0 Å². The maximum Gasteiger partial charge on any atom is 0.171 e. The minimum atomic E-state index is -0.640. The summed E-state index contributed by atoms with van der Waals surface area (Å²) in [5, 5.41) is 0. The van der Waals surface area contributed by atoms with E-state index in [9.17, 15) is 4.79 Å². The van der Waals surface area contributed by atoms with Gasteiger partial charge in [-0.05, 0) is 61.2 Å². The molecule has 0 aromatic heterocycles. The third-order valence-corrected chi connectivity index (χ3v) is 4.96. The fourth-order valence-corrected chi connectivity index (χ4v) is 3.77. The minimum absolute atomic E-state index is 0.0331. The standard InChI is InChI=1S/C16H30N2O2/c1-15(2)13(14(19)16(3,4)20-15)11-17(5)10-12-8-7-9-18(12)6/h12-13H,7-11H2,1-6H3. The Bertz CT molecular complexity index is 379. The van der Waals surface area contributed by atoms with Crippen molar-refractivity contribution in [3.8, 4) is 0 Å². The monoisotopic (exact) mass is 282 g/mol. The van der Waals surface area contributed by atoms with Crippen LogP contribution in [0.3, 0.4) is 0 Å². The van der Waals surface area contributed by atoms with E-state index < -0.39 is 5.60 Å². The second-order valence-corrected chi connectivity index (χ2v) is 7.63. The van der Waals surface area contributed by atoms with Crippen molar-refractivity contribution >= 4 is 5.78 Å². The first-order chi connectivity index (χ1) is 9.13. The Morgan fingerprint density at radius 1 is 1.30 bits per heavy atom. The summed E-state index contributed by atoms with van der Waals surface area (Å²) >= 11 is 0. The predicted molar refractivity (Wildman–Crippen MR) is 80.9 cm³/mol. The summed E-state index contributed by atoms with van der Waals surface area (Å²) in [5.41, 5.74) is -1.00. The van der Waals surface area contributed by atoms with E-state index in [0.29, 0.717) is 6.04 Å². The van der Waals surface area contributed by atoms with Crippen LogP contribution < -0.4 is 0 Å². The highest BCUT2D eigenvalue weighted by Crippen LogP contribution is 2.39. The van der Waals surface area contributed by atoms with E-state index in [1.807, 2.05) is 27.7 Å². The maximum atomic E-state index is 12.5. The van der Waals surface area contributed by atoms with Gasteiger partial charge in [-0.15, -0.1) is 0 Å². The molecular weight excluding hydrogens is 252 g/mol. The number of nitrogens with zero attached hydrogens (tertiary/aromatic N) is 2. The summed E-state index contributed by atoms with van der Waals surface area (Å²) in [7, 11) is 4.32. The number of ketones is 1. The summed E-state index contributed by atoms with van der Waals surface area (Å²) in [4.78, 5) is 17.3. The van der Waals surface area contributed by atoms with Crippen LogP contribution in [-0.2, 0) is 9.53 Å². The molecule has 0 aliphatic carbocycles. The number of hydrogen-bond acceptors (Lipinski definition) is 4. The summed E-state index contributed by atoms with van der Waals surface area (Å²) in [6, 6.07) is 0.633. The molecule has 4 nitrogen and oxygen atoms in total. The smallest absolute Gasteiger partial charge is 0.171 e. The molecule has 2 saturated heterocycles. The van der Waals surface area contributed by atoms with Crippen molar-refractivity contribution < 1.29 is 9.53 Å². The first-order valence-electron chi connectivity index (χ1n) is 7.77. The number of likely N-dealkylation sites (N-methyl/N-ethyl adjacent to an activating group) is 2. The van der Waals surface area contributed by atoms with Crippen molar-refractivity contribution in [3.05, 3.63) is 0 Å². The van der Waals surface area contributed by atoms with E-state index >= 15 is 0 Å². The van der Waals surface area contributed by atoms with Gasteiger partial charge in [0, 0.05) is 19.1 Å². The maximum absolute atomic E-state index is 12.5. The number of likely N-dealkylation sites (tertiary alicyclic amines) is 1. The van der Waals surface area contributed by atoms with Gasteiger partial charge in [0.15, 0.2) is 5.78 Å². The second kappa shape index (κ2) is 5.39. The van der Waals surface area contributed by atoms with Gasteiger partial charge in [-0.2, -0.15) is 0 Å². The Morgan fingerprint density at radius 2 is 1.95 bits per heavy atom. The van der Waals surface area contributed by atoms with Crippen LogP contribution >= 0.6 is 0 Å². The largest absolute Gasteiger partial charge is 0.361 e. The summed E-state index contributed by atoms with van der Waals surface area (Å²) in [5.74, 6) is 0.211. The fraction of sp³-hybridized carbons (Fsp3) is 0.938. The van der Waals surface area contributed by atoms with Gasteiger partial charge in [0.25, 0.3) is 0 Å². The van der Waals surface area contributed by atoms with Gasteiger partial charge >= 0.3 is 0 Å². The van der Waals surface area contributed by atoms with Crippen LogP contribution in [0.15, 0.2) is 0 Å². The van der Waals surface area contributed by atoms with Gasteiger partial charge in [0.1, 0.15) is 5.60 Å². The average Bonchev–Trinajstić information content (AvgIpc) is 2.74. The first kappa shape index (κ1) is 15.9. The SMILES string of the molecule is CN(CC1CCCN1C)CC1C(=O)C(C)(C)OC1(C)C. The molecule has 0 amide bonds. The van der Waals surface area contributed by atoms with Crippen molar-refractivity contribution in [2.75, 3.05) is 33.7 Å². The van der Waals surface area contributed by atoms with E-state index in [4.69, 9.17) is 4.74 Å². The van der Waals surface area contributed by atoms with Gasteiger partial charge in [-0.1, -0.05) is 0 Å². The molecule has 2 rings (SSSR count). The lowest BCUT2D eigenvalue weighted by Crippen LogP contribution is -2.43. The summed E-state index contributed by atoms with van der Waals surface area (Å²) < 4.78 is 5.97. The van der Waals surface area contributed by atoms with Crippen LogP contribution in [-0.4, -0.2) is 66.6 Å². The Kier molecular flexibility index (Phi) is 4.30. The summed E-state index contributed by atoms with van der Waals surface area (Å²) in [6.07, 6.45) is 2.56. The molecule has 2 aliphatic heterocycles. The number of hydrogen-bond donors (Lipinski definition) is 0. The van der Waals surface area contributed by atoms with E-state index in [1.165, 1.54) is 19.4 Å². The molecule has 0 aromatic rings. The molecule has 20 heavy (non-hydrogen) atoms. The van der Waals surface area contributed by atoms with Gasteiger partial charge in [-0.3, -0.25) is 4.79 Å². The number of rotatable bonds is 4. The molecule has 0 aromatic carbocycles. The van der Waals surface area contributed by atoms with Crippen LogP contribution in [0.2, 0.25) is 0 Å². The third kappa shape index (κ3) is 3.07. The second-order valence-electron chi connectivity index (χ2n) is 7.63. The van der Waals surface area contributed by atoms with Crippen molar-refractivity contribution in [1.29, 1.82) is 0 Å². The lowest BCUT2D eigenvalue weighted by Gasteiger charge is -2.31. The molecule has 2 fully saturated rings. The van der Waals surface area contributed by atoms with E-state index in [2.05, 4.69) is 23.9 Å². The van der Waals surface area contributed by atoms with Crippen LogP contribution in [0.25, 0.3) is 0 Å². The average molecular weight is 282 g/mol. The number of carbonyl (C=O) groups is 1. The molecule has 0 bridgehead atoms. The normalized spacial score (nSPS) is 33.2. The minimum Gasteiger partial charge on any atom is -0.361 e. The molecule has 116 valence electrons. The molecule has 0 spiro atoms. The molecule has 2 atom stereocenters. The number of ether oxygens (including phenoxy) is 1. The highest BCUT2D eigenvalue weighted by atomic mass is 16.5. The topological polar surface area (TPSA) is 32.8 Å². The zero-order valence-corrected chi connectivity index (χ0v) is 13.9. The van der Waals surface area contributed by atoms with Crippen LogP contribution in [0.5, 0.6) is 0 Å². The van der Waals surface area contributed by atoms with Crippen LogP contribution in [0, 0.1) is 5.92 Å². The Balaban J connectivity index is 1.96. The lowest BCUT2D eigenvalue weighted by atomic mass is 9.85. The number of Topliss-reactive ketones (excluding diaryl/α,β-unsaturated/α-hetero) is 1. The highest BCUT2D eigenvalue weighted by molar-refractivity contribution is 5.91. The molecule has 4 heteroatoms. The lowest BCUT2D eigenvalue weighted by molar-refractivity contribution is -0.132. The van der Waals surface area contributed by atoms with E-state index in [-0.39, 0.29) is 17.3 Å². The number of carbonyl (C=O) groups excluding carboxylic acids is 1. The van der Waals surface area contributed by atoms with Crippen LogP contribution in [0.1, 0.15) is 40.5 Å². The van der Waals surface area contributed by atoms with Gasteiger partial charge in [0.2, 0.25) is 0 Å². The third-order valence-electron chi connectivity index (χ3n) is 4.96. The predicted octanol–water partition coefficient (Wildman–Crippen LogP) is 1.79. The van der Waals surface area contributed by atoms with Crippen LogP contribution in [0.4, 0.5) is 0 Å². The molecular formula is C16H30N2O2. The zero-order valence-electron chi connectivity index (χ0n) is 13.9. The Labute approximate surface area is 123 Å². The van der Waals surface area contributed by atoms with Crippen molar-refractivity contribution in [2.24, 2.45) is 5.92 Å². The Hall–Kier alpha value is -0.450. The van der Waals surface area contributed by atoms with Crippen molar-refractivity contribution in [1.82, 2.24) is 9.80 Å². The summed E-state index contributed by atoms with van der Waals surface area (Å²) in [6.45, 7) is 10.9. The highest BCUT2D eigenvalue weighted by Gasteiger charge is 2.53. The Morgan fingerprint density at radius 3 is 2.40 bits per heavy atom. The molecule has 2 heterocycles. The zero-order chi connectivity index (χ0) is 15.1.